The first kappa shape index (κ1) is 16.7. The number of methoxy groups -OCH3 is 1. The van der Waals surface area contributed by atoms with E-state index in [0.29, 0.717) is 24.0 Å². The first-order valence-corrected chi connectivity index (χ1v) is 8.52. The Morgan fingerprint density at radius 3 is 2.50 bits per heavy atom. The first-order chi connectivity index (χ1) is 11.7. The smallest absolute Gasteiger partial charge is 0.337 e. The molecule has 0 bridgehead atoms. The normalized spacial score (nSPS) is 20.8. The van der Waals surface area contributed by atoms with E-state index in [0.717, 1.165) is 43.6 Å². The molecular formula is C19H24N2O3. The molecule has 5 heteroatoms. The van der Waals surface area contributed by atoms with Crippen LogP contribution in [0.5, 0.6) is 0 Å². The Hall–Kier alpha value is -2.14. The van der Waals surface area contributed by atoms with Gasteiger partial charge in [0.05, 0.1) is 12.7 Å². The van der Waals surface area contributed by atoms with Crippen LogP contribution in [0, 0.1) is 11.8 Å². The lowest BCUT2D eigenvalue weighted by molar-refractivity contribution is 0.0601. The summed E-state index contributed by atoms with van der Waals surface area (Å²) in [4.78, 5) is 16.0. The van der Waals surface area contributed by atoms with Crippen LogP contribution < -0.4 is 0 Å². The summed E-state index contributed by atoms with van der Waals surface area (Å²) in [6.45, 7) is 1.27. The second-order valence-electron chi connectivity index (χ2n) is 6.54. The SMILES string of the molecule is COC(=O)c1ccc(-c2nccn2CC2CCC(CO)CC2)cc1. The quantitative estimate of drug-likeness (QED) is 0.857. The fourth-order valence-electron chi connectivity index (χ4n) is 3.46. The average molecular weight is 328 g/mol. The molecule has 1 aliphatic rings. The Morgan fingerprint density at radius 1 is 1.21 bits per heavy atom. The predicted octanol–water partition coefficient (Wildman–Crippen LogP) is 3.14. The van der Waals surface area contributed by atoms with Gasteiger partial charge in [0.1, 0.15) is 5.82 Å². The maximum absolute atomic E-state index is 11.5. The molecule has 0 atom stereocenters. The van der Waals surface area contributed by atoms with Gasteiger partial charge in [0, 0.05) is 31.1 Å². The van der Waals surface area contributed by atoms with Crippen LogP contribution in [0.1, 0.15) is 36.0 Å². The van der Waals surface area contributed by atoms with Crippen LogP contribution in [0.2, 0.25) is 0 Å². The highest BCUT2D eigenvalue weighted by molar-refractivity contribution is 5.89. The number of nitrogens with zero attached hydrogens (tertiary/aromatic N) is 2. The molecule has 1 aromatic carbocycles. The number of hydrogen-bond acceptors (Lipinski definition) is 4. The third kappa shape index (κ3) is 3.67. The summed E-state index contributed by atoms with van der Waals surface area (Å²) < 4.78 is 6.92. The molecule has 0 aliphatic heterocycles. The Kier molecular flexibility index (Phi) is 5.30. The summed E-state index contributed by atoms with van der Waals surface area (Å²) in [7, 11) is 1.38. The zero-order valence-corrected chi connectivity index (χ0v) is 14.0. The Labute approximate surface area is 142 Å². The van der Waals surface area contributed by atoms with Crippen LogP contribution in [0.15, 0.2) is 36.7 Å². The summed E-state index contributed by atoms with van der Waals surface area (Å²) in [5.41, 5.74) is 1.54. The highest BCUT2D eigenvalue weighted by Gasteiger charge is 2.21. The molecule has 3 rings (SSSR count). The van der Waals surface area contributed by atoms with E-state index in [2.05, 4.69) is 9.55 Å². The number of carbonyl (C=O) groups excluding carboxylic acids is 1. The zero-order chi connectivity index (χ0) is 16.9. The average Bonchev–Trinajstić information content (AvgIpc) is 3.10. The van der Waals surface area contributed by atoms with Crippen molar-refractivity contribution in [2.75, 3.05) is 13.7 Å². The van der Waals surface area contributed by atoms with Crippen molar-refractivity contribution in [3.05, 3.63) is 42.2 Å². The molecule has 0 radical (unpaired) electrons. The predicted molar refractivity (Wildman–Crippen MR) is 91.5 cm³/mol. The molecule has 0 amide bonds. The van der Waals surface area contributed by atoms with Crippen molar-refractivity contribution < 1.29 is 14.6 Å². The minimum Gasteiger partial charge on any atom is -0.465 e. The largest absolute Gasteiger partial charge is 0.465 e. The number of ether oxygens (including phenoxy) is 1. The van der Waals surface area contributed by atoms with Crippen molar-refractivity contribution in [2.45, 2.75) is 32.2 Å². The monoisotopic (exact) mass is 328 g/mol. The molecule has 1 heterocycles. The number of rotatable bonds is 5. The van der Waals surface area contributed by atoms with Gasteiger partial charge in [-0.25, -0.2) is 9.78 Å². The molecular weight excluding hydrogens is 304 g/mol. The Balaban J connectivity index is 1.70. The molecule has 1 fully saturated rings. The van der Waals surface area contributed by atoms with E-state index in [4.69, 9.17) is 4.74 Å². The van der Waals surface area contributed by atoms with Gasteiger partial charge in [-0.1, -0.05) is 12.1 Å². The van der Waals surface area contributed by atoms with Crippen LogP contribution in [-0.4, -0.2) is 34.3 Å². The molecule has 1 saturated carbocycles. The third-order valence-electron chi connectivity index (χ3n) is 4.96. The van der Waals surface area contributed by atoms with Crippen molar-refractivity contribution in [3.8, 4) is 11.4 Å². The van der Waals surface area contributed by atoms with Crippen molar-refractivity contribution in [3.63, 3.8) is 0 Å². The van der Waals surface area contributed by atoms with E-state index >= 15 is 0 Å². The molecule has 0 spiro atoms. The van der Waals surface area contributed by atoms with Crippen molar-refractivity contribution in [1.29, 1.82) is 0 Å². The lowest BCUT2D eigenvalue weighted by Crippen LogP contribution is -2.21. The number of carbonyl (C=O) groups is 1. The lowest BCUT2D eigenvalue weighted by Gasteiger charge is -2.27. The van der Waals surface area contributed by atoms with E-state index < -0.39 is 0 Å². The minimum atomic E-state index is -0.328. The van der Waals surface area contributed by atoms with E-state index in [1.54, 1.807) is 12.1 Å². The number of imidazole rings is 1. The molecule has 0 saturated heterocycles. The van der Waals surface area contributed by atoms with Crippen molar-refractivity contribution in [1.82, 2.24) is 9.55 Å². The molecule has 2 aromatic rings. The molecule has 5 nitrogen and oxygen atoms in total. The highest BCUT2D eigenvalue weighted by Crippen LogP contribution is 2.30. The standard InChI is InChI=1S/C19H24N2O3/c1-24-19(23)17-8-6-16(7-9-17)18-20-10-11-21(18)12-14-2-4-15(13-22)5-3-14/h6-11,14-15,22H,2-5,12-13H2,1H3. The summed E-state index contributed by atoms with van der Waals surface area (Å²) in [6.07, 6.45) is 8.37. The summed E-state index contributed by atoms with van der Waals surface area (Å²) in [5, 5.41) is 9.26. The lowest BCUT2D eigenvalue weighted by atomic mass is 9.82. The molecule has 1 N–H and O–H groups in total. The van der Waals surface area contributed by atoms with Gasteiger partial charge < -0.3 is 14.4 Å². The van der Waals surface area contributed by atoms with E-state index in [1.807, 2.05) is 24.5 Å². The maximum Gasteiger partial charge on any atom is 0.337 e. The third-order valence-corrected chi connectivity index (χ3v) is 4.96. The van der Waals surface area contributed by atoms with Gasteiger partial charge in [0.2, 0.25) is 0 Å². The second kappa shape index (κ2) is 7.62. The summed E-state index contributed by atoms with van der Waals surface area (Å²) in [5.74, 6) is 1.71. The van der Waals surface area contributed by atoms with Crippen LogP contribution in [0.3, 0.4) is 0 Å². The van der Waals surface area contributed by atoms with E-state index in [9.17, 15) is 9.90 Å². The topological polar surface area (TPSA) is 64.3 Å². The number of aromatic nitrogens is 2. The molecule has 1 aromatic heterocycles. The van der Waals surface area contributed by atoms with Crippen LogP contribution in [-0.2, 0) is 11.3 Å². The fourth-order valence-corrected chi connectivity index (χ4v) is 3.46. The molecule has 24 heavy (non-hydrogen) atoms. The Morgan fingerprint density at radius 2 is 1.88 bits per heavy atom. The number of benzene rings is 1. The van der Waals surface area contributed by atoms with Crippen LogP contribution >= 0.6 is 0 Å². The van der Waals surface area contributed by atoms with Crippen molar-refractivity contribution in [2.24, 2.45) is 11.8 Å². The zero-order valence-electron chi connectivity index (χ0n) is 14.0. The second-order valence-corrected chi connectivity index (χ2v) is 6.54. The molecule has 1 aliphatic carbocycles. The Bertz CT molecular complexity index is 670. The van der Waals surface area contributed by atoms with Gasteiger partial charge >= 0.3 is 5.97 Å². The van der Waals surface area contributed by atoms with Gasteiger partial charge in [-0.15, -0.1) is 0 Å². The van der Waals surface area contributed by atoms with Gasteiger partial charge in [0.15, 0.2) is 0 Å². The fraction of sp³-hybridized carbons (Fsp3) is 0.474. The number of aliphatic hydroxyl groups excluding tert-OH is 1. The highest BCUT2D eigenvalue weighted by atomic mass is 16.5. The maximum atomic E-state index is 11.5. The molecule has 0 unspecified atom stereocenters. The minimum absolute atomic E-state index is 0.315. The van der Waals surface area contributed by atoms with Crippen LogP contribution in [0.4, 0.5) is 0 Å². The first-order valence-electron chi connectivity index (χ1n) is 8.52. The van der Waals surface area contributed by atoms with E-state index in [-0.39, 0.29) is 5.97 Å². The molecule has 128 valence electrons. The van der Waals surface area contributed by atoms with Gasteiger partial charge in [-0.05, 0) is 49.7 Å². The summed E-state index contributed by atoms with van der Waals surface area (Å²) >= 11 is 0. The van der Waals surface area contributed by atoms with Gasteiger partial charge in [-0.3, -0.25) is 0 Å². The number of esters is 1. The number of aliphatic hydroxyl groups is 1. The van der Waals surface area contributed by atoms with Crippen molar-refractivity contribution >= 4 is 5.97 Å². The van der Waals surface area contributed by atoms with Crippen LogP contribution in [0.25, 0.3) is 11.4 Å². The van der Waals surface area contributed by atoms with Gasteiger partial charge in [-0.2, -0.15) is 0 Å². The summed E-state index contributed by atoms with van der Waals surface area (Å²) in [6, 6.07) is 7.36. The number of hydrogen-bond donors (Lipinski definition) is 1. The van der Waals surface area contributed by atoms with E-state index in [1.165, 1.54) is 7.11 Å². The van der Waals surface area contributed by atoms with Gasteiger partial charge in [0.25, 0.3) is 0 Å².